The second-order valence-corrected chi connectivity index (χ2v) is 7.31. The fraction of sp³-hybridized carbons (Fsp3) is 0.381. The van der Waals surface area contributed by atoms with Crippen LogP contribution in [0.4, 0.5) is 0 Å². The van der Waals surface area contributed by atoms with Gasteiger partial charge in [0.05, 0.1) is 6.61 Å². The fourth-order valence-corrected chi connectivity index (χ4v) is 3.63. The van der Waals surface area contributed by atoms with Crippen molar-refractivity contribution in [3.05, 3.63) is 58.7 Å². The van der Waals surface area contributed by atoms with Crippen LogP contribution in [0, 0.1) is 0 Å². The van der Waals surface area contributed by atoms with Crippen molar-refractivity contribution in [3.63, 3.8) is 0 Å². The molecule has 2 aromatic rings. The average Bonchev–Trinajstić information content (AvgIpc) is 2.99. The van der Waals surface area contributed by atoms with Crippen molar-refractivity contribution in [3.8, 4) is 11.5 Å². The van der Waals surface area contributed by atoms with Gasteiger partial charge in [-0.3, -0.25) is 4.79 Å². The summed E-state index contributed by atoms with van der Waals surface area (Å²) >= 11 is 1.77. The van der Waals surface area contributed by atoms with Crippen LogP contribution in [0.3, 0.4) is 0 Å². The first-order valence-corrected chi connectivity index (χ1v) is 10.3. The SMILES string of the molecule is CCOc1cc2c(cc1CNC(=O)c1ccc(CSC)cc1)O[C@H](C)C2. The van der Waals surface area contributed by atoms with Gasteiger partial charge in [-0.1, -0.05) is 12.1 Å². The number of thioether (sulfide) groups is 1. The molecule has 138 valence electrons. The molecule has 1 aliphatic rings. The highest BCUT2D eigenvalue weighted by molar-refractivity contribution is 7.97. The van der Waals surface area contributed by atoms with Crippen LogP contribution in [-0.2, 0) is 18.7 Å². The molecule has 3 rings (SSSR count). The van der Waals surface area contributed by atoms with Crippen molar-refractivity contribution in [1.29, 1.82) is 0 Å². The second kappa shape index (κ2) is 8.49. The van der Waals surface area contributed by atoms with E-state index in [0.29, 0.717) is 18.7 Å². The number of nitrogens with one attached hydrogen (secondary N) is 1. The normalized spacial score (nSPS) is 15.3. The molecule has 1 amide bonds. The number of carbonyl (C=O) groups excluding carboxylic acids is 1. The molecule has 0 saturated heterocycles. The third-order valence-corrected chi connectivity index (χ3v) is 4.97. The minimum atomic E-state index is -0.0852. The Hall–Kier alpha value is -2.14. The molecule has 1 N–H and O–H groups in total. The molecule has 0 spiro atoms. The molecule has 26 heavy (non-hydrogen) atoms. The maximum atomic E-state index is 12.5. The van der Waals surface area contributed by atoms with E-state index in [1.54, 1.807) is 11.8 Å². The number of hydrogen-bond donors (Lipinski definition) is 1. The van der Waals surface area contributed by atoms with Gasteiger partial charge in [-0.05, 0) is 49.9 Å². The van der Waals surface area contributed by atoms with Crippen molar-refractivity contribution in [2.24, 2.45) is 0 Å². The summed E-state index contributed by atoms with van der Waals surface area (Å²) in [7, 11) is 0. The zero-order chi connectivity index (χ0) is 18.5. The van der Waals surface area contributed by atoms with E-state index in [9.17, 15) is 4.79 Å². The highest BCUT2D eigenvalue weighted by atomic mass is 32.2. The molecule has 1 aliphatic heterocycles. The largest absolute Gasteiger partial charge is 0.494 e. The summed E-state index contributed by atoms with van der Waals surface area (Å²) in [5, 5.41) is 2.99. The highest BCUT2D eigenvalue weighted by Gasteiger charge is 2.22. The second-order valence-electron chi connectivity index (χ2n) is 6.45. The minimum absolute atomic E-state index is 0.0852. The first-order chi connectivity index (χ1) is 12.6. The molecule has 0 bridgehead atoms. The molecule has 0 radical (unpaired) electrons. The summed E-state index contributed by atoms with van der Waals surface area (Å²) in [6, 6.07) is 11.8. The van der Waals surface area contributed by atoms with Gasteiger partial charge in [-0.25, -0.2) is 0 Å². The van der Waals surface area contributed by atoms with Gasteiger partial charge < -0.3 is 14.8 Å². The Morgan fingerprint density at radius 3 is 2.77 bits per heavy atom. The molecule has 4 nitrogen and oxygen atoms in total. The lowest BCUT2D eigenvalue weighted by Crippen LogP contribution is -2.23. The monoisotopic (exact) mass is 371 g/mol. The molecule has 1 atom stereocenters. The molecular formula is C21H25NO3S. The van der Waals surface area contributed by atoms with E-state index in [4.69, 9.17) is 9.47 Å². The van der Waals surface area contributed by atoms with Crippen LogP contribution in [0.15, 0.2) is 36.4 Å². The van der Waals surface area contributed by atoms with Gasteiger partial charge in [0.25, 0.3) is 5.91 Å². The lowest BCUT2D eigenvalue weighted by atomic mass is 10.1. The van der Waals surface area contributed by atoms with Gasteiger partial charge in [0.1, 0.15) is 17.6 Å². The summed E-state index contributed by atoms with van der Waals surface area (Å²) in [6.07, 6.45) is 3.14. The molecule has 0 aliphatic carbocycles. The first kappa shape index (κ1) is 18.6. The Morgan fingerprint density at radius 1 is 1.31 bits per heavy atom. The molecule has 0 fully saturated rings. The quantitative estimate of drug-likeness (QED) is 0.792. The van der Waals surface area contributed by atoms with Crippen LogP contribution in [0.5, 0.6) is 11.5 Å². The van der Waals surface area contributed by atoms with Gasteiger partial charge in [-0.2, -0.15) is 11.8 Å². The van der Waals surface area contributed by atoms with Gasteiger partial charge in [0, 0.05) is 35.4 Å². The van der Waals surface area contributed by atoms with Crippen molar-refractivity contribution < 1.29 is 14.3 Å². The van der Waals surface area contributed by atoms with Crippen molar-refractivity contribution in [1.82, 2.24) is 5.32 Å². The minimum Gasteiger partial charge on any atom is -0.494 e. The zero-order valence-electron chi connectivity index (χ0n) is 15.5. The van der Waals surface area contributed by atoms with E-state index in [1.807, 2.05) is 43.3 Å². The van der Waals surface area contributed by atoms with Crippen molar-refractivity contribution in [2.75, 3.05) is 12.9 Å². The topological polar surface area (TPSA) is 47.6 Å². The standard InChI is InChI=1S/C21H25NO3S/c1-4-24-19-10-17-9-14(2)25-20(17)11-18(19)12-22-21(23)16-7-5-15(6-8-16)13-26-3/h5-8,10-11,14H,4,9,12-13H2,1-3H3,(H,22,23)/t14-/m1/s1. The third kappa shape index (κ3) is 4.33. The molecule has 2 aromatic carbocycles. The summed E-state index contributed by atoms with van der Waals surface area (Å²) < 4.78 is 11.6. The lowest BCUT2D eigenvalue weighted by Gasteiger charge is -2.13. The van der Waals surface area contributed by atoms with Crippen LogP contribution in [-0.4, -0.2) is 24.9 Å². The Kier molecular flexibility index (Phi) is 6.09. The number of benzene rings is 2. The maximum Gasteiger partial charge on any atom is 0.251 e. The lowest BCUT2D eigenvalue weighted by molar-refractivity contribution is 0.0950. The van der Waals surface area contributed by atoms with E-state index in [2.05, 4.69) is 18.5 Å². The average molecular weight is 372 g/mol. The van der Waals surface area contributed by atoms with Crippen LogP contribution in [0.25, 0.3) is 0 Å². The Morgan fingerprint density at radius 2 is 2.08 bits per heavy atom. The number of amides is 1. The van der Waals surface area contributed by atoms with Crippen molar-refractivity contribution >= 4 is 17.7 Å². The number of ether oxygens (including phenoxy) is 2. The number of carbonyl (C=O) groups is 1. The van der Waals surface area contributed by atoms with Crippen LogP contribution < -0.4 is 14.8 Å². The Balaban J connectivity index is 1.70. The molecule has 0 saturated carbocycles. The molecule has 1 heterocycles. The maximum absolute atomic E-state index is 12.5. The fourth-order valence-electron chi connectivity index (χ4n) is 3.11. The Bertz CT molecular complexity index is 774. The van der Waals surface area contributed by atoms with E-state index in [0.717, 1.165) is 29.2 Å². The molecule has 0 aromatic heterocycles. The summed E-state index contributed by atoms with van der Waals surface area (Å²) in [6.45, 7) is 5.02. The molecule has 0 unspecified atom stereocenters. The predicted molar refractivity (Wildman–Crippen MR) is 106 cm³/mol. The number of fused-ring (bicyclic) bond motifs is 1. The zero-order valence-corrected chi connectivity index (χ0v) is 16.3. The van der Waals surface area contributed by atoms with Gasteiger partial charge in [-0.15, -0.1) is 0 Å². The molecule has 5 heteroatoms. The number of hydrogen-bond acceptors (Lipinski definition) is 4. The smallest absolute Gasteiger partial charge is 0.251 e. The van der Waals surface area contributed by atoms with Crippen LogP contribution in [0.2, 0.25) is 0 Å². The molecular weight excluding hydrogens is 346 g/mol. The van der Waals surface area contributed by atoms with E-state index in [-0.39, 0.29) is 12.0 Å². The highest BCUT2D eigenvalue weighted by Crippen LogP contribution is 2.35. The van der Waals surface area contributed by atoms with Crippen LogP contribution >= 0.6 is 11.8 Å². The summed E-state index contributed by atoms with van der Waals surface area (Å²) in [4.78, 5) is 12.5. The summed E-state index contributed by atoms with van der Waals surface area (Å²) in [5.74, 6) is 2.58. The first-order valence-electron chi connectivity index (χ1n) is 8.92. The van der Waals surface area contributed by atoms with E-state index >= 15 is 0 Å². The summed E-state index contributed by atoms with van der Waals surface area (Å²) in [5.41, 5.74) is 3.99. The van der Waals surface area contributed by atoms with Gasteiger partial charge in [0.2, 0.25) is 0 Å². The van der Waals surface area contributed by atoms with Crippen molar-refractivity contribution in [2.45, 2.75) is 38.7 Å². The predicted octanol–water partition coefficient (Wildman–Crippen LogP) is 4.20. The Labute approximate surface area is 159 Å². The van der Waals surface area contributed by atoms with Crippen LogP contribution in [0.1, 0.15) is 40.9 Å². The third-order valence-electron chi connectivity index (χ3n) is 4.35. The van der Waals surface area contributed by atoms with Gasteiger partial charge >= 0.3 is 0 Å². The van der Waals surface area contributed by atoms with Gasteiger partial charge in [0.15, 0.2) is 0 Å². The van der Waals surface area contributed by atoms with E-state index in [1.165, 1.54) is 11.1 Å². The number of rotatable bonds is 7. The van der Waals surface area contributed by atoms with E-state index < -0.39 is 0 Å².